The van der Waals surface area contributed by atoms with E-state index in [1.165, 1.54) is 16.8 Å². The highest BCUT2D eigenvalue weighted by Gasteiger charge is 2.28. The first-order valence-electron chi connectivity index (χ1n) is 10.4. The number of aromatic nitrogens is 1. The summed E-state index contributed by atoms with van der Waals surface area (Å²) in [6.07, 6.45) is 3.87. The topological polar surface area (TPSA) is 105 Å². The number of benzene rings is 2. The predicted octanol–water partition coefficient (Wildman–Crippen LogP) is 2.83. The quantitative estimate of drug-likeness (QED) is 0.566. The second kappa shape index (κ2) is 9.44. The lowest BCUT2D eigenvalue weighted by Gasteiger charge is -2.33. The SMILES string of the molecule is NS(=O)(=O)c1ccc(CCNC(=O)CN2CCCCC2c2nc3ccccc3s2)cc1. The zero-order valence-electron chi connectivity index (χ0n) is 17.2. The van der Waals surface area contributed by atoms with Crippen LogP contribution in [0.1, 0.15) is 35.9 Å². The van der Waals surface area contributed by atoms with E-state index >= 15 is 0 Å². The van der Waals surface area contributed by atoms with Crippen LogP contribution in [0.3, 0.4) is 0 Å². The number of amides is 1. The second-order valence-corrected chi connectivity index (χ2v) is 10.4. The van der Waals surface area contributed by atoms with Gasteiger partial charge in [0.15, 0.2) is 0 Å². The van der Waals surface area contributed by atoms with Crippen molar-refractivity contribution in [2.75, 3.05) is 19.6 Å². The number of thiazole rings is 1. The van der Waals surface area contributed by atoms with Crippen LogP contribution in [0.4, 0.5) is 0 Å². The van der Waals surface area contributed by atoms with Gasteiger partial charge in [0.1, 0.15) is 5.01 Å². The third-order valence-electron chi connectivity index (χ3n) is 5.54. The van der Waals surface area contributed by atoms with Crippen molar-refractivity contribution >= 4 is 37.5 Å². The summed E-state index contributed by atoms with van der Waals surface area (Å²) in [5.74, 6) is -0.00540. The fraction of sp³-hybridized carbons (Fsp3) is 0.364. The number of nitrogens with zero attached hydrogens (tertiary/aromatic N) is 2. The Labute approximate surface area is 186 Å². The maximum atomic E-state index is 12.6. The van der Waals surface area contributed by atoms with Gasteiger partial charge in [0.25, 0.3) is 0 Å². The van der Waals surface area contributed by atoms with Gasteiger partial charge in [-0.25, -0.2) is 18.5 Å². The van der Waals surface area contributed by atoms with E-state index in [1.54, 1.807) is 23.5 Å². The molecule has 1 saturated heterocycles. The number of hydrogen-bond acceptors (Lipinski definition) is 6. The molecule has 7 nitrogen and oxygen atoms in total. The first kappa shape index (κ1) is 21.9. The maximum Gasteiger partial charge on any atom is 0.238 e. The van der Waals surface area contributed by atoms with Crippen LogP contribution < -0.4 is 10.5 Å². The highest BCUT2D eigenvalue weighted by molar-refractivity contribution is 7.89. The first-order chi connectivity index (χ1) is 14.9. The number of primary sulfonamides is 1. The van der Waals surface area contributed by atoms with Crippen LogP contribution in [0.5, 0.6) is 0 Å². The summed E-state index contributed by atoms with van der Waals surface area (Å²) < 4.78 is 23.8. The third kappa shape index (κ3) is 5.48. The number of nitrogens with one attached hydrogen (secondary N) is 1. The van der Waals surface area contributed by atoms with Crippen molar-refractivity contribution in [2.45, 2.75) is 36.6 Å². The number of para-hydroxylation sites is 1. The fourth-order valence-electron chi connectivity index (χ4n) is 3.92. The average Bonchev–Trinajstić information content (AvgIpc) is 3.18. The van der Waals surface area contributed by atoms with E-state index in [0.29, 0.717) is 19.5 Å². The van der Waals surface area contributed by atoms with Crippen molar-refractivity contribution in [3.05, 3.63) is 59.1 Å². The van der Waals surface area contributed by atoms with Crippen LogP contribution in [-0.2, 0) is 21.2 Å². The summed E-state index contributed by atoms with van der Waals surface area (Å²) in [5, 5.41) is 9.19. The van der Waals surface area contributed by atoms with E-state index < -0.39 is 10.0 Å². The molecule has 0 spiro atoms. The normalized spacial score (nSPS) is 17.6. The molecule has 3 N–H and O–H groups in total. The largest absolute Gasteiger partial charge is 0.355 e. The van der Waals surface area contributed by atoms with Gasteiger partial charge in [0.2, 0.25) is 15.9 Å². The molecule has 1 fully saturated rings. The molecule has 9 heteroatoms. The van der Waals surface area contributed by atoms with Crippen molar-refractivity contribution in [3.8, 4) is 0 Å². The maximum absolute atomic E-state index is 12.6. The molecule has 2 heterocycles. The Kier molecular flexibility index (Phi) is 6.66. The Morgan fingerprint density at radius 3 is 2.68 bits per heavy atom. The lowest BCUT2D eigenvalue weighted by Crippen LogP contribution is -2.42. The van der Waals surface area contributed by atoms with Crippen molar-refractivity contribution in [3.63, 3.8) is 0 Å². The Hall–Kier alpha value is -2.33. The molecule has 4 rings (SSSR count). The molecule has 0 bridgehead atoms. The minimum atomic E-state index is -3.69. The van der Waals surface area contributed by atoms with E-state index in [0.717, 1.165) is 41.9 Å². The number of nitrogens with two attached hydrogens (primary N) is 1. The Balaban J connectivity index is 1.32. The summed E-state index contributed by atoms with van der Waals surface area (Å²) >= 11 is 1.72. The van der Waals surface area contributed by atoms with Gasteiger partial charge in [-0.15, -0.1) is 11.3 Å². The summed E-state index contributed by atoms with van der Waals surface area (Å²) in [6.45, 7) is 1.74. The second-order valence-electron chi connectivity index (χ2n) is 7.79. The molecule has 1 aliphatic heterocycles. The van der Waals surface area contributed by atoms with Gasteiger partial charge in [-0.3, -0.25) is 9.69 Å². The molecule has 1 amide bonds. The minimum Gasteiger partial charge on any atom is -0.355 e. The molecule has 1 unspecified atom stereocenters. The van der Waals surface area contributed by atoms with Crippen molar-refractivity contribution in [2.24, 2.45) is 5.14 Å². The lowest BCUT2D eigenvalue weighted by atomic mass is 10.0. The van der Waals surface area contributed by atoms with Crippen molar-refractivity contribution in [1.29, 1.82) is 0 Å². The molecule has 3 aromatic rings. The van der Waals surface area contributed by atoms with Gasteiger partial charge >= 0.3 is 0 Å². The zero-order chi connectivity index (χ0) is 21.8. The van der Waals surface area contributed by atoms with Gasteiger partial charge in [-0.1, -0.05) is 30.7 Å². The Morgan fingerprint density at radius 1 is 1.16 bits per heavy atom. The van der Waals surface area contributed by atoms with E-state index in [4.69, 9.17) is 10.1 Å². The molecule has 1 aromatic heterocycles. The van der Waals surface area contributed by atoms with E-state index in [2.05, 4.69) is 16.3 Å². The lowest BCUT2D eigenvalue weighted by molar-refractivity contribution is -0.123. The van der Waals surface area contributed by atoms with Gasteiger partial charge in [-0.05, 0) is 55.6 Å². The number of piperidine rings is 1. The Bertz CT molecular complexity index is 1130. The van der Waals surface area contributed by atoms with Crippen LogP contribution in [0.2, 0.25) is 0 Å². The number of sulfonamides is 1. The van der Waals surface area contributed by atoms with Gasteiger partial charge in [-0.2, -0.15) is 0 Å². The molecule has 1 atom stereocenters. The summed E-state index contributed by atoms with van der Waals surface area (Å²) in [7, 11) is -3.69. The molecule has 31 heavy (non-hydrogen) atoms. The number of likely N-dealkylation sites (tertiary alicyclic amines) is 1. The highest BCUT2D eigenvalue weighted by Crippen LogP contribution is 2.35. The number of fused-ring (bicyclic) bond motifs is 1. The Morgan fingerprint density at radius 2 is 1.94 bits per heavy atom. The van der Waals surface area contributed by atoms with Crippen LogP contribution in [-0.4, -0.2) is 43.8 Å². The monoisotopic (exact) mass is 458 g/mol. The average molecular weight is 459 g/mol. The molecule has 0 aliphatic carbocycles. The molecule has 2 aromatic carbocycles. The van der Waals surface area contributed by atoms with Crippen LogP contribution in [0, 0.1) is 0 Å². The number of carbonyl (C=O) groups is 1. The molecular formula is C22H26N4O3S2. The molecule has 0 saturated carbocycles. The van der Waals surface area contributed by atoms with Gasteiger partial charge in [0, 0.05) is 6.54 Å². The molecule has 1 aliphatic rings. The number of rotatable bonds is 7. The molecule has 0 radical (unpaired) electrons. The smallest absolute Gasteiger partial charge is 0.238 e. The standard InChI is InChI=1S/C22H26N4O3S2/c23-31(28,29)17-10-8-16(9-11-17)12-13-24-21(27)15-26-14-4-3-6-19(26)22-25-18-5-1-2-7-20(18)30-22/h1-2,5,7-11,19H,3-4,6,12-15H2,(H,24,27)(H2,23,28,29). The van der Waals surface area contributed by atoms with E-state index in [-0.39, 0.29) is 16.8 Å². The van der Waals surface area contributed by atoms with Crippen LogP contribution >= 0.6 is 11.3 Å². The van der Waals surface area contributed by atoms with Gasteiger partial charge < -0.3 is 5.32 Å². The predicted molar refractivity (Wildman–Crippen MR) is 122 cm³/mol. The number of carbonyl (C=O) groups excluding carboxylic acids is 1. The number of hydrogen-bond donors (Lipinski definition) is 2. The highest BCUT2D eigenvalue weighted by atomic mass is 32.2. The van der Waals surface area contributed by atoms with Crippen molar-refractivity contribution < 1.29 is 13.2 Å². The van der Waals surface area contributed by atoms with Crippen LogP contribution in [0.15, 0.2) is 53.4 Å². The molecular weight excluding hydrogens is 432 g/mol. The molecule has 164 valence electrons. The minimum absolute atomic E-state index is 0.00540. The zero-order valence-corrected chi connectivity index (χ0v) is 18.8. The fourth-order valence-corrected chi connectivity index (χ4v) is 5.58. The summed E-state index contributed by atoms with van der Waals surface area (Å²) in [5.41, 5.74) is 1.96. The van der Waals surface area contributed by atoms with Crippen molar-refractivity contribution in [1.82, 2.24) is 15.2 Å². The van der Waals surface area contributed by atoms with E-state index in [9.17, 15) is 13.2 Å². The van der Waals surface area contributed by atoms with E-state index in [1.807, 2.05) is 18.2 Å². The summed E-state index contributed by atoms with van der Waals surface area (Å²) in [6, 6.07) is 14.8. The van der Waals surface area contributed by atoms with Gasteiger partial charge in [0.05, 0.1) is 27.7 Å². The first-order valence-corrected chi connectivity index (χ1v) is 12.7. The van der Waals surface area contributed by atoms with Crippen LogP contribution in [0.25, 0.3) is 10.2 Å². The summed E-state index contributed by atoms with van der Waals surface area (Å²) in [4.78, 5) is 19.7. The third-order valence-corrected chi connectivity index (χ3v) is 7.61.